The van der Waals surface area contributed by atoms with Gasteiger partial charge in [-0.1, -0.05) is 24.9 Å². The van der Waals surface area contributed by atoms with E-state index in [1.165, 1.54) is 6.20 Å². The van der Waals surface area contributed by atoms with Crippen molar-refractivity contribution in [2.45, 2.75) is 25.9 Å². The van der Waals surface area contributed by atoms with Gasteiger partial charge in [0.05, 0.1) is 11.1 Å². The van der Waals surface area contributed by atoms with Crippen molar-refractivity contribution in [2.24, 2.45) is 0 Å². The molecule has 4 heteroatoms. The fourth-order valence-electron chi connectivity index (χ4n) is 1.16. The van der Waals surface area contributed by atoms with Crippen molar-refractivity contribution in [3.63, 3.8) is 0 Å². The maximum atomic E-state index is 9.65. The first-order valence-corrected chi connectivity index (χ1v) is 4.62. The summed E-state index contributed by atoms with van der Waals surface area (Å²) in [6, 6.07) is 1.66. The molecule has 0 fully saturated rings. The molecule has 0 aliphatic heterocycles. The standard InChI is InChI=1S/C9H13ClN2O/c1-2-3-8(13)7-4-6(10)5-12-9(7)11/h4-5,8,13H,2-3H2,1H3,(H2,11,12). The van der Waals surface area contributed by atoms with Crippen LogP contribution < -0.4 is 5.73 Å². The van der Waals surface area contributed by atoms with E-state index in [1.54, 1.807) is 6.07 Å². The van der Waals surface area contributed by atoms with Gasteiger partial charge in [0.1, 0.15) is 5.82 Å². The fourth-order valence-corrected chi connectivity index (χ4v) is 1.33. The minimum Gasteiger partial charge on any atom is -0.388 e. The number of aromatic nitrogens is 1. The molecule has 3 nitrogen and oxygen atoms in total. The molecule has 1 aromatic heterocycles. The van der Waals surface area contributed by atoms with Crippen molar-refractivity contribution < 1.29 is 5.11 Å². The average Bonchev–Trinajstić information content (AvgIpc) is 2.09. The Kier molecular flexibility index (Phi) is 3.51. The van der Waals surface area contributed by atoms with Crippen LogP contribution in [0.3, 0.4) is 0 Å². The Morgan fingerprint density at radius 3 is 3.00 bits per heavy atom. The van der Waals surface area contributed by atoms with Gasteiger partial charge in [-0.2, -0.15) is 0 Å². The summed E-state index contributed by atoms with van der Waals surface area (Å²) in [5, 5.41) is 10.1. The number of halogens is 1. The van der Waals surface area contributed by atoms with Crippen LogP contribution in [0.5, 0.6) is 0 Å². The summed E-state index contributed by atoms with van der Waals surface area (Å²) < 4.78 is 0. The van der Waals surface area contributed by atoms with Crippen molar-refractivity contribution in [2.75, 3.05) is 5.73 Å². The Hall–Kier alpha value is -0.800. The maximum Gasteiger partial charge on any atom is 0.129 e. The lowest BCUT2D eigenvalue weighted by molar-refractivity contribution is 0.167. The first kappa shape index (κ1) is 10.3. The van der Waals surface area contributed by atoms with Crippen LogP contribution in [0, 0.1) is 0 Å². The van der Waals surface area contributed by atoms with Gasteiger partial charge >= 0.3 is 0 Å². The molecule has 0 bridgehead atoms. The molecule has 1 unspecified atom stereocenters. The van der Waals surface area contributed by atoms with Crippen LogP contribution in [0.4, 0.5) is 5.82 Å². The number of aliphatic hydroxyl groups excluding tert-OH is 1. The summed E-state index contributed by atoms with van der Waals surface area (Å²) >= 11 is 5.73. The number of rotatable bonds is 3. The second kappa shape index (κ2) is 4.44. The van der Waals surface area contributed by atoms with Crippen molar-refractivity contribution in [3.8, 4) is 0 Å². The van der Waals surface area contributed by atoms with Crippen molar-refractivity contribution in [3.05, 3.63) is 22.8 Å². The Labute approximate surface area is 82.5 Å². The number of hydrogen-bond acceptors (Lipinski definition) is 3. The molecule has 1 heterocycles. The maximum absolute atomic E-state index is 9.65. The summed E-state index contributed by atoms with van der Waals surface area (Å²) in [4.78, 5) is 3.87. The molecule has 13 heavy (non-hydrogen) atoms. The highest BCUT2D eigenvalue weighted by Gasteiger charge is 2.11. The van der Waals surface area contributed by atoms with Crippen molar-refractivity contribution >= 4 is 17.4 Å². The van der Waals surface area contributed by atoms with Crippen LogP contribution in [-0.2, 0) is 0 Å². The Bertz CT molecular complexity index is 291. The molecule has 0 aliphatic rings. The predicted octanol–water partition coefficient (Wildman–Crippen LogP) is 2.15. The molecule has 0 spiro atoms. The van der Waals surface area contributed by atoms with Gasteiger partial charge in [0.2, 0.25) is 0 Å². The predicted molar refractivity (Wildman–Crippen MR) is 53.5 cm³/mol. The summed E-state index contributed by atoms with van der Waals surface area (Å²) in [6.45, 7) is 2.00. The van der Waals surface area contributed by atoms with E-state index in [4.69, 9.17) is 17.3 Å². The minimum atomic E-state index is -0.559. The first-order valence-electron chi connectivity index (χ1n) is 4.24. The lowest BCUT2D eigenvalue weighted by Crippen LogP contribution is -2.03. The molecule has 72 valence electrons. The van der Waals surface area contributed by atoms with E-state index in [0.717, 1.165) is 6.42 Å². The molecular formula is C9H13ClN2O. The van der Waals surface area contributed by atoms with E-state index in [2.05, 4.69) is 4.98 Å². The normalized spacial score (nSPS) is 12.8. The van der Waals surface area contributed by atoms with E-state index in [9.17, 15) is 5.11 Å². The highest BCUT2D eigenvalue weighted by molar-refractivity contribution is 6.30. The van der Waals surface area contributed by atoms with Gasteiger partial charge in [-0.15, -0.1) is 0 Å². The lowest BCUT2D eigenvalue weighted by atomic mass is 10.1. The first-order chi connectivity index (χ1) is 6.15. The molecule has 0 saturated heterocycles. The van der Waals surface area contributed by atoms with E-state index < -0.39 is 6.10 Å². The number of anilines is 1. The summed E-state index contributed by atoms with van der Waals surface area (Å²) in [5.74, 6) is 0.352. The third kappa shape index (κ3) is 2.57. The third-order valence-electron chi connectivity index (χ3n) is 1.84. The minimum absolute atomic E-state index is 0.352. The van der Waals surface area contributed by atoms with Crippen LogP contribution in [0.25, 0.3) is 0 Å². The number of aliphatic hydroxyl groups is 1. The van der Waals surface area contributed by atoms with Crippen LogP contribution in [0.1, 0.15) is 31.4 Å². The van der Waals surface area contributed by atoms with E-state index in [1.807, 2.05) is 6.92 Å². The number of hydrogen-bond donors (Lipinski definition) is 2. The second-order valence-corrected chi connectivity index (χ2v) is 3.37. The third-order valence-corrected chi connectivity index (χ3v) is 2.04. The Morgan fingerprint density at radius 2 is 2.38 bits per heavy atom. The van der Waals surface area contributed by atoms with Crippen LogP contribution in [0.2, 0.25) is 5.02 Å². The fraction of sp³-hybridized carbons (Fsp3) is 0.444. The Balaban J connectivity index is 2.91. The lowest BCUT2D eigenvalue weighted by Gasteiger charge is -2.11. The number of nitrogens with zero attached hydrogens (tertiary/aromatic N) is 1. The van der Waals surface area contributed by atoms with E-state index in [0.29, 0.717) is 22.8 Å². The van der Waals surface area contributed by atoms with Crippen LogP contribution in [-0.4, -0.2) is 10.1 Å². The van der Waals surface area contributed by atoms with Gasteiger partial charge in [0.15, 0.2) is 0 Å². The van der Waals surface area contributed by atoms with E-state index in [-0.39, 0.29) is 0 Å². The molecule has 0 amide bonds. The highest BCUT2D eigenvalue weighted by Crippen LogP contribution is 2.24. The average molecular weight is 201 g/mol. The SMILES string of the molecule is CCCC(O)c1cc(Cl)cnc1N. The Morgan fingerprint density at radius 1 is 1.69 bits per heavy atom. The van der Waals surface area contributed by atoms with E-state index >= 15 is 0 Å². The molecule has 0 saturated carbocycles. The monoisotopic (exact) mass is 200 g/mol. The van der Waals surface area contributed by atoms with Gasteiger partial charge < -0.3 is 10.8 Å². The van der Waals surface area contributed by atoms with Gasteiger partial charge in [-0.25, -0.2) is 4.98 Å². The summed E-state index contributed by atoms with van der Waals surface area (Å²) in [5.41, 5.74) is 6.21. The van der Waals surface area contributed by atoms with Gasteiger partial charge in [-0.05, 0) is 12.5 Å². The highest BCUT2D eigenvalue weighted by atomic mass is 35.5. The van der Waals surface area contributed by atoms with Crippen LogP contribution >= 0.6 is 11.6 Å². The number of pyridine rings is 1. The summed E-state index contributed by atoms with van der Waals surface area (Å²) in [7, 11) is 0. The van der Waals surface area contributed by atoms with Gasteiger partial charge in [0, 0.05) is 11.8 Å². The van der Waals surface area contributed by atoms with Crippen molar-refractivity contribution in [1.29, 1.82) is 0 Å². The zero-order valence-electron chi connectivity index (χ0n) is 7.50. The number of nitrogen functional groups attached to an aromatic ring is 1. The molecule has 3 N–H and O–H groups in total. The number of nitrogens with two attached hydrogens (primary N) is 1. The zero-order valence-corrected chi connectivity index (χ0v) is 8.25. The van der Waals surface area contributed by atoms with Gasteiger partial charge in [-0.3, -0.25) is 0 Å². The largest absolute Gasteiger partial charge is 0.388 e. The summed E-state index contributed by atoms with van der Waals surface area (Å²) in [6.07, 6.45) is 2.48. The smallest absolute Gasteiger partial charge is 0.129 e. The van der Waals surface area contributed by atoms with Gasteiger partial charge in [0.25, 0.3) is 0 Å². The second-order valence-electron chi connectivity index (χ2n) is 2.93. The molecule has 0 radical (unpaired) electrons. The molecule has 0 aliphatic carbocycles. The van der Waals surface area contributed by atoms with Crippen molar-refractivity contribution in [1.82, 2.24) is 4.98 Å². The quantitative estimate of drug-likeness (QED) is 0.786. The zero-order chi connectivity index (χ0) is 9.84. The molecule has 1 aromatic rings. The van der Waals surface area contributed by atoms with Crippen LogP contribution in [0.15, 0.2) is 12.3 Å². The molecule has 1 atom stereocenters. The molecule has 1 rings (SSSR count). The topological polar surface area (TPSA) is 59.1 Å². The molecule has 0 aromatic carbocycles. The molecular weight excluding hydrogens is 188 g/mol.